The zero-order chi connectivity index (χ0) is 17.2. The van der Waals surface area contributed by atoms with E-state index in [1.54, 1.807) is 0 Å². The lowest BCUT2D eigenvalue weighted by atomic mass is 9.87. The van der Waals surface area contributed by atoms with Crippen molar-refractivity contribution in [1.82, 2.24) is 9.80 Å². The number of likely N-dealkylation sites (tertiary alicyclic amines) is 1. The van der Waals surface area contributed by atoms with Gasteiger partial charge in [-0.15, -0.1) is 0 Å². The van der Waals surface area contributed by atoms with Crippen LogP contribution in [0.2, 0.25) is 0 Å². The fraction of sp³-hybridized carbons (Fsp3) is 0.842. The van der Waals surface area contributed by atoms with E-state index < -0.39 is 5.54 Å². The first kappa shape index (κ1) is 17.4. The van der Waals surface area contributed by atoms with E-state index in [1.165, 1.54) is 12.8 Å². The smallest absolute Gasteiger partial charge is 0.255 e. The van der Waals surface area contributed by atoms with Crippen LogP contribution in [0, 0.1) is 5.92 Å². The van der Waals surface area contributed by atoms with Crippen LogP contribution in [0.5, 0.6) is 0 Å². The van der Waals surface area contributed by atoms with Gasteiger partial charge in [-0.2, -0.15) is 0 Å². The third-order valence-electron chi connectivity index (χ3n) is 5.97. The summed E-state index contributed by atoms with van der Waals surface area (Å²) in [6.45, 7) is 6.26. The summed E-state index contributed by atoms with van der Waals surface area (Å²) in [4.78, 5) is 34.3. The summed E-state index contributed by atoms with van der Waals surface area (Å²) in [5.74, 6) is 1.69. The molecule has 0 bridgehead atoms. The Labute approximate surface area is 145 Å². The molecule has 24 heavy (non-hydrogen) atoms. The van der Waals surface area contributed by atoms with E-state index in [9.17, 15) is 9.59 Å². The van der Waals surface area contributed by atoms with Gasteiger partial charge in [0.05, 0.1) is 0 Å². The zero-order valence-corrected chi connectivity index (χ0v) is 15.2. The van der Waals surface area contributed by atoms with Crippen molar-refractivity contribution in [2.75, 3.05) is 19.6 Å². The molecule has 0 aromatic carbocycles. The third-order valence-corrected chi connectivity index (χ3v) is 5.97. The van der Waals surface area contributed by atoms with Crippen LogP contribution >= 0.6 is 0 Å². The zero-order valence-electron chi connectivity index (χ0n) is 15.2. The molecule has 1 aliphatic carbocycles. The molecular weight excluding hydrogens is 302 g/mol. The number of rotatable bonds is 5. The summed E-state index contributed by atoms with van der Waals surface area (Å²) in [5.41, 5.74) is -0.578. The van der Waals surface area contributed by atoms with Crippen LogP contribution in [-0.4, -0.2) is 52.6 Å². The van der Waals surface area contributed by atoms with Gasteiger partial charge in [-0.05, 0) is 39.0 Å². The number of carbonyl (C=O) groups is 2. The number of amides is 2. The van der Waals surface area contributed by atoms with E-state index >= 15 is 0 Å². The number of aliphatic imine (C=N–C) groups is 1. The first-order chi connectivity index (χ1) is 11.6. The highest BCUT2D eigenvalue weighted by atomic mass is 16.2. The Hall–Kier alpha value is -1.39. The Balaban J connectivity index is 1.66. The van der Waals surface area contributed by atoms with Gasteiger partial charge in [-0.1, -0.05) is 26.2 Å². The maximum atomic E-state index is 12.9. The number of hydrogen-bond acceptors (Lipinski definition) is 3. The maximum absolute atomic E-state index is 12.9. The molecule has 2 heterocycles. The van der Waals surface area contributed by atoms with Gasteiger partial charge in [0.15, 0.2) is 0 Å². The van der Waals surface area contributed by atoms with Gasteiger partial charge >= 0.3 is 0 Å². The molecule has 5 nitrogen and oxygen atoms in total. The molecule has 0 radical (unpaired) electrons. The van der Waals surface area contributed by atoms with Crippen LogP contribution in [0.15, 0.2) is 4.99 Å². The minimum atomic E-state index is -0.578. The van der Waals surface area contributed by atoms with Crippen molar-refractivity contribution in [3.8, 4) is 0 Å². The Bertz CT molecular complexity index is 515. The molecule has 1 saturated heterocycles. The molecule has 134 valence electrons. The molecule has 1 spiro atoms. The molecule has 3 aliphatic rings. The SMILES string of the molecule is CCCCC1=NC2(CCN(C(=O)C3CCCC3)CC2)C(=O)N1CC. The predicted octanol–water partition coefficient (Wildman–Crippen LogP) is 2.99. The van der Waals surface area contributed by atoms with E-state index in [4.69, 9.17) is 4.99 Å². The van der Waals surface area contributed by atoms with Crippen LogP contribution < -0.4 is 0 Å². The minimum Gasteiger partial charge on any atom is -0.342 e. The summed E-state index contributed by atoms with van der Waals surface area (Å²) >= 11 is 0. The standard InChI is InChI=1S/C19H31N3O2/c1-3-5-10-16-20-19(18(24)22(16)4-2)11-13-21(14-12-19)17(23)15-8-6-7-9-15/h15H,3-14H2,1-2H3. The summed E-state index contributed by atoms with van der Waals surface area (Å²) in [6, 6.07) is 0. The lowest BCUT2D eigenvalue weighted by molar-refractivity contribution is -0.140. The first-order valence-electron chi connectivity index (χ1n) is 9.81. The van der Waals surface area contributed by atoms with Gasteiger partial charge < -0.3 is 4.90 Å². The summed E-state index contributed by atoms with van der Waals surface area (Å²) in [7, 11) is 0. The Morgan fingerprint density at radius 2 is 1.88 bits per heavy atom. The van der Waals surface area contributed by atoms with Crippen LogP contribution in [0.25, 0.3) is 0 Å². The van der Waals surface area contributed by atoms with Gasteiger partial charge in [0.2, 0.25) is 5.91 Å². The summed E-state index contributed by atoms with van der Waals surface area (Å²) in [6.07, 6.45) is 8.92. The van der Waals surface area contributed by atoms with E-state index in [-0.39, 0.29) is 11.8 Å². The van der Waals surface area contributed by atoms with Crippen molar-refractivity contribution in [2.45, 2.75) is 77.2 Å². The van der Waals surface area contributed by atoms with E-state index in [2.05, 4.69) is 6.92 Å². The average Bonchev–Trinajstić information content (AvgIpc) is 3.21. The van der Waals surface area contributed by atoms with Crippen molar-refractivity contribution in [3.63, 3.8) is 0 Å². The quantitative estimate of drug-likeness (QED) is 0.776. The summed E-state index contributed by atoms with van der Waals surface area (Å²) < 4.78 is 0. The molecule has 0 unspecified atom stereocenters. The van der Waals surface area contributed by atoms with Crippen molar-refractivity contribution in [2.24, 2.45) is 10.9 Å². The molecular formula is C19H31N3O2. The van der Waals surface area contributed by atoms with Crippen molar-refractivity contribution in [3.05, 3.63) is 0 Å². The topological polar surface area (TPSA) is 53.0 Å². The number of piperidine rings is 1. The highest BCUT2D eigenvalue weighted by molar-refractivity contribution is 6.08. The van der Waals surface area contributed by atoms with Gasteiger partial charge in [0.1, 0.15) is 11.4 Å². The number of amidine groups is 1. The molecule has 1 saturated carbocycles. The molecule has 2 fully saturated rings. The third kappa shape index (κ3) is 3.09. The number of carbonyl (C=O) groups excluding carboxylic acids is 2. The summed E-state index contributed by atoms with van der Waals surface area (Å²) in [5, 5.41) is 0. The van der Waals surface area contributed by atoms with Gasteiger partial charge in [-0.3, -0.25) is 19.5 Å². The average molecular weight is 333 g/mol. The molecule has 5 heteroatoms. The largest absolute Gasteiger partial charge is 0.342 e. The van der Waals surface area contributed by atoms with Crippen LogP contribution in [0.1, 0.15) is 71.6 Å². The maximum Gasteiger partial charge on any atom is 0.255 e. The molecule has 2 amide bonds. The predicted molar refractivity (Wildman–Crippen MR) is 94.9 cm³/mol. The highest BCUT2D eigenvalue weighted by Gasteiger charge is 2.49. The van der Waals surface area contributed by atoms with Gasteiger partial charge in [0, 0.05) is 32.0 Å². The van der Waals surface area contributed by atoms with E-state index in [0.717, 1.165) is 37.9 Å². The van der Waals surface area contributed by atoms with Gasteiger partial charge in [-0.25, -0.2) is 0 Å². The number of hydrogen-bond donors (Lipinski definition) is 0. The fourth-order valence-electron chi connectivity index (χ4n) is 4.43. The number of unbranched alkanes of at least 4 members (excludes halogenated alkanes) is 1. The molecule has 0 aromatic heterocycles. The Kier molecular flexibility index (Phi) is 5.26. The Morgan fingerprint density at radius 3 is 2.46 bits per heavy atom. The molecule has 0 N–H and O–H groups in total. The lowest BCUT2D eigenvalue weighted by Crippen LogP contribution is -2.52. The fourth-order valence-corrected chi connectivity index (χ4v) is 4.43. The minimum absolute atomic E-state index is 0.170. The number of likely N-dealkylation sites (N-methyl/N-ethyl adjacent to an activating group) is 1. The van der Waals surface area contributed by atoms with Crippen molar-refractivity contribution in [1.29, 1.82) is 0 Å². The van der Waals surface area contributed by atoms with Crippen molar-refractivity contribution >= 4 is 17.6 Å². The van der Waals surface area contributed by atoms with E-state index in [1.807, 2.05) is 16.7 Å². The molecule has 3 rings (SSSR count). The second-order valence-electron chi connectivity index (χ2n) is 7.52. The highest BCUT2D eigenvalue weighted by Crippen LogP contribution is 2.36. The monoisotopic (exact) mass is 333 g/mol. The lowest BCUT2D eigenvalue weighted by Gasteiger charge is -2.37. The molecule has 2 aliphatic heterocycles. The van der Waals surface area contributed by atoms with Crippen LogP contribution in [0.3, 0.4) is 0 Å². The normalized spacial score (nSPS) is 24.1. The molecule has 0 atom stereocenters. The van der Waals surface area contributed by atoms with Crippen LogP contribution in [-0.2, 0) is 9.59 Å². The second kappa shape index (κ2) is 7.24. The Morgan fingerprint density at radius 1 is 1.21 bits per heavy atom. The molecule has 0 aromatic rings. The van der Waals surface area contributed by atoms with Gasteiger partial charge in [0.25, 0.3) is 5.91 Å². The first-order valence-corrected chi connectivity index (χ1v) is 9.81. The van der Waals surface area contributed by atoms with Crippen LogP contribution in [0.4, 0.5) is 0 Å². The van der Waals surface area contributed by atoms with E-state index in [0.29, 0.717) is 38.4 Å². The number of nitrogens with zero attached hydrogens (tertiary/aromatic N) is 3. The van der Waals surface area contributed by atoms with Crippen molar-refractivity contribution < 1.29 is 9.59 Å². The second-order valence-corrected chi connectivity index (χ2v) is 7.52.